The third-order valence-electron chi connectivity index (χ3n) is 4.11. The predicted octanol–water partition coefficient (Wildman–Crippen LogP) is 0.678. The van der Waals surface area contributed by atoms with Crippen molar-refractivity contribution in [3.05, 3.63) is 12.3 Å². The molecule has 0 aliphatic carbocycles. The van der Waals surface area contributed by atoms with Gasteiger partial charge in [-0.25, -0.2) is 9.79 Å². The maximum absolute atomic E-state index is 10.9. The van der Waals surface area contributed by atoms with Gasteiger partial charge in [0, 0.05) is 32.4 Å². The summed E-state index contributed by atoms with van der Waals surface area (Å²) < 4.78 is 0. The average molecular weight is 250 g/mol. The second kappa shape index (κ2) is 4.19. The number of carbonyl (C=O) groups is 1. The molecule has 1 fully saturated rings. The molecule has 2 N–H and O–H groups in total. The van der Waals surface area contributed by atoms with Gasteiger partial charge >= 0.3 is 6.09 Å². The summed E-state index contributed by atoms with van der Waals surface area (Å²) in [6, 6.07) is 0. The van der Waals surface area contributed by atoms with Crippen LogP contribution in [0.1, 0.15) is 19.3 Å². The molecule has 0 aromatic carbocycles. The first-order valence-electron chi connectivity index (χ1n) is 6.43. The lowest BCUT2D eigenvalue weighted by molar-refractivity contribution is 0.110. The van der Waals surface area contributed by atoms with Crippen molar-refractivity contribution in [1.29, 1.82) is 0 Å². The van der Waals surface area contributed by atoms with Gasteiger partial charge in [0.05, 0.1) is 5.54 Å². The van der Waals surface area contributed by atoms with Gasteiger partial charge < -0.3 is 20.2 Å². The van der Waals surface area contributed by atoms with Crippen LogP contribution in [0, 0.1) is 0 Å². The standard InChI is InChI=1S/C12H18N4O2/c17-11(18)16-8-3-12(4-9-16)2-7-15-6-1-5-13-10(15)14-12/h1,5H,2-4,6-9H2,(H,13,14)(H,17,18). The molecule has 0 unspecified atom stereocenters. The summed E-state index contributed by atoms with van der Waals surface area (Å²) >= 11 is 0. The van der Waals surface area contributed by atoms with E-state index in [1.54, 1.807) is 0 Å². The highest BCUT2D eigenvalue weighted by atomic mass is 16.4. The van der Waals surface area contributed by atoms with Crippen LogP contribution in [0.5, 0.6) is 0 Å². The fraction of sp³-hybridized carbons (Fsp3) is 0.667. The van der Waals surface area contributed by atoms with E-state index in [1.165, 1.54) is 4.90 Å². The van der Waals surface area contributed by atoms with Crippen molar-refractivity contribution in [2.24, 2.45) is 4.99 Å². The summed E-state index contributed by atoms with van der Waals surface area (Å²) in [5.41, 5.74) is -0.0457. The number of aliphatic imine (C=N–C) groups is 1. The van der Waals surface area contributed by atoms with Crippen molar-refractivity contribution in [1.82, 2.24) is 15.1 Å². The molecule has 3 rings (SSSR count). The Morgan fingerprint density at radius 2 is 2.06 bits per heavy atom. The number of hydrogen-bond donors (Lipinski definition) is 2. The number of likely N-dealkylation sites (tertiary alicyclic amines) is 1. The Morgan fingerprint density at radius 3 is 2.78 bits per heavy atom. The molecule has 1 saturated heterocycles. The average Bonchev–Trinajstić information content (AvgIpc) is 2.39. The number of hydrogen-bond acceptors (Lipinski definition) is 4. The lowest BCUT2D eigenvalue weighted by Gasteiger charge is -2.44. The molecule has 3 aliphatic heterocycles. The first kappa shape index (κ1) is 11.4. The zero-order valence-corrected chi connectivity index (χ0v) is 10.3. The zero-order valence-electron chi connectivity index (χ0n) is 10.3. The molecule has 0 bridgehead atoms. The minimum Gasteiger partial charge on any atom is -0.465 e. The van der Waals surface area contributed by atoms with Crippen molar-refractivity contribution in [3.63, 3.8) is 0 Å². The lowest BCUT2D eigenvalue weighted by atomic mass is 9.84. The maximum Gasteiger partial charge on any atom is 0.407 e. The molecular formula is C12H18N4O2. The van der Waals surface area contributed by atoms with Crippen LogP contribution in [0.3, 0.4) is 0 Å². The number of carboxylic acid groups (broad SMARTS) is 1. The molecule has 3 aliphatic rings. The summed E-state index contributed by atoms with van der Waals surface area (Å²) in [7, 11) is 0. The van der Waals surface area contributed by atoms with Crippen LogP contribution in [-0.4, -0.2) is 58.7 Å². The summed E-state index contributed by atoms with van der Waals surface area (Å²) in [5, 5.41) is 12.2. The van der Waals surface area contributed by atoms with Crippen LogP contribution >= 0.6 is 0 Å². The molecule has 18 heavy (non-hydrogen) atoms. The Kier molecular flexibility index (Phi) is 2.65. The third kappa shape index (κ3) is 1.91. The maximum atomic E-state index is 10.9. The van der Waals surface area contributed by atoms with E-state index >= 15 is 0 Å². The predicted molar refractivity (Wildman–Crippen MR) is 67.5 cm³/mol. The summed E-state index contributed by atoms with van der Waals surface area (Å²) in [6.07, 6.45) is 5.91. The van der Waals surface area contributed by atoms with Gasteiger partial charge in [-0.15, -0.1) is 0 Å². The van der Waals surface area contributed by atoms with Gasteiger partial charge in [0.2, 0.25) is 0 Å². The van der Waals surface area contributed by atoms with Gasteiger partial charge in [0.1, 0.15) is 0 Å². The number of amides is 1. The minimum absolute atomic E-state index is 0.0457. The Morgan fingerprint density at radius 1 is 1.33 bits per heavy atom. The van der Waals surface area contributed by atoms with Crippen LogP contribution in [0.25, 0.3) is 0 Å². The Hall–Kier alpha value is -1.72. The van der Waals surface area contributed by atoms with Crippen molar-refractivity contribution >= 4 is 12.1 Å². The largest absolute Gasteiger partial charge is 0.465 e. The molecule has 1 spiro atoms. The Balaban J connectivity index is 1.74. The van der Waals surface area contributed by atoms with Crippen LogP contribution in [0.15, 0.2) is 17.3 Å². The number of nitrogens with zero attached hydrogens (tertiary/aromatic N) is 3. The molecule has 1 amide bonds. The fourth-order valence-electron chi connectivity index (χ4n) is 2.89. The zero-order chi connectivity index (χ0) is 12.6. The lowest BCUT2D eigenvalue weighted by Crippen LogP contribution is -2.54. The highest BCUT2D eigenvalue weighted by Gasteiger charge is 2.39. The van der Waals surface area contributed by atoms with Crippen LogP contribution in [-0.2, 0) is 0 Å². The molecular weight excluding hydrogens is 232 g/mol. The number of guanidine groups is 1. The van der Waals surface area contributed by atoms with Crippen molar-refractivity contribution in [3.8, 4) is 0 Å². The summed E-state index contributed by atoms with van der Waals surface area (Å²) in [6.45, 7) is 3.12. The monoisotopic (exact) mass is 250 g/mol. The van der Waals surface area contributed by atoms with Crippen LogP contribution in [0.4, 0.5) is 4.79 Å². The molecule has 0 aromatic rings. The number of rotatable bonds is 0. The van der Waals surface area contributed by atoms with Crippen molar-refractivity contribution in [2.75, 3.05) is 26.2 Å². The van der Waals surface area contributed by atoms with E-state index in [9.17, 15) is 4.79 Å². The quantitative estimate of drug-likeness (QED) is 0.663. The second-order valence-electron chi connectivity index (χ2n) is 5.17. The van der Waals surface area contributed by atoms with E-state index in [2.05, 4.69) is 16.3 Å². The first-order valence-corrected chi connectivity index (χ1v) is 6.43. The van der Waals surface area contributed by atoms with Gasteiger partial charge in [-0.2, -0.15) is 0 Å². The Labute approximate surface area is 106 Å². The van der Waals surface area contributed by atoms with Gasteiger partial charge in [0.15, 0.2) is 5.96 Å². The van der Waals surface area contributed by atoms with E-state index in [1.807, 2.05) is 6.20 Å². The van der Waals surface area contributed by atoms with E-state index in [-0.39, 0.29) is 5.54 Å². The highest BCUT2D eigenvalue weighted by molar-refractivity contribution is 5.83. The first-order chi connectivity index (χ1) is 8.69. The molecule has 6 nitrogen and oxygen atoms in total. The SMILES string of the molecule is O=C(O)N1CCC2(CC1)CCN1CC=CNC1=N2. The van der Waals surface area contributed by atoms with Crippen LogP contribution < -0.4 is 5.32 Å². The highest BCUT2D eigenvalue weighted by Crippen LogP contribution is 2.33. The molecule has 0 radical (unpaired) electrons. The number of fused-ring (bicyclic) bond motifs is 1. The fourth-order valence-corrected chi connectivity index (χ4v) is 2.89. The van der Waals surface area contributed by atoms with Gasteiger partial charge in [-0.05, 0) is 25.3 Å². The normalized spacial score (nSPS) is 25.4. The molecule has 0 aromatic heterocycles. The van der Waals surface area contributed by atoms with E-state index < -0.39 is 6.09 Å². The molecule has 0 saturated carbocycles. The van der Waals surface area contributed by atoms with E-state index in [4.69, 9.17) is 10.1 Å². The third-order valence-corrected chi connectivity index (χ3v) is 4.11. The number of nitrogens with one attached hydrogen (secondary N) is 1. The van der Waals surface area contributed by atoms with Gasteiger partial charge in [-0.1, -0.05) is 0 Å². The molecule has 6 heteroatoms. The summed E-state index contributed by atoms with van der Waals surface area (Å²) in [4.78, 5) is 19.5. The topological polar surface area (TPSA) is 68.2 Å². The molecule has 3 heterocycles. The molecule has 98 valence electrons. The minimum atomic E-state index is -0.811. The molecule has 0 atom stereocenters. The second-order valence-corrected chi connectivity index (χ2v) is 5.17. The van der Waals surface area contributed by atoms with E-state index in [0.717, 1.165) is 38.3 Å². The smallest absolute Gasteiger partial charge is 0.407 e. The van der Waals surface area contributed by atoms with E-state index in [0.29, 0.717) is 13.1 Å². The Bertz CT molecular complexity index is 410. The number of piperidine rings is 1. The van der Waals surface area contributed by atoms with Crippen molar-refractivity contribution in [2.45, 2.75) is 24.8 Å². The van der Waals surface area contributed by atoms with Crippen LogP contribution in [0.2, 0.25) is 0 Å². The van der Waals surface area contributed by atoms with Gasteiger partial charge in [0.25, 0.3) is 0 Å². The van der Waals surface area contributed by atoms with Crippen molar-refractivity contribution < 1.29 is 9.90 Å². The summed E-state index contributed by atoms with van der Waals surface area (Å²) in [5.74, 6) is 0.951. The van der Waals surface area contributed by atoms with Gasteiger partial charge in [-0.3, -0.25) is 0 Å².